The molecule has 3 nitrogen and oxygen atoms in total. The van der Waals surface area contributed by atoms with E-state index in [4.69, 9.17) is 12.3 Å². The molecular formula is C30H54O3Pt2Si6. The van der Waals surface area contributed by atoms with Crippen LogP contribution in [-0.2, 0) is 54.5 Å². The molecule has 41 heavy (non-hydrogen) atoms. The summed E-state index contributed by atoms with van der Waals surface area (Å²) in [5, 5.41) is 0. The van der Waals surface area contributed by atoms with E-state index in [1.165, 1.54) is 0 Å². The van der Waals surface area contributed by atoms with Gasteiger partial charge in [-0.3, -0.25) is 0 Å². The number of hydrogen-bond donors (Lipinski definition) is 0. The predicted molar refractivity (Wildman–Crippen MR) is 190 cm³/mol. The van der Waals surface area contributed by atoms with Crippen LogP contribution in [-0.4, -0.2) is 49.9 Å². The Morgan fingerprint density at radius 3 is 0.488 bits per heavy atom. The minimum Gasteiger partial charge on any atom is -0.449 e. The van der Waals surface area contributed by atoms with Gasteiger partial charge < -0.3 is 12.3 Å². The molecule has 0 radical (unpaired) electrons. The minimum atomic E-state index is -1.71. The average molecular weight is 1020 g/mol. The molecule has 0 aliphatic heterocycles. The van der Waals surface area contributed by atoms with E-state index in [1.54, 1.807) is 0 Å². The molecule has 0 N–H and O–H groups in total. The Balaban J connectivity index is -0.000000154. The van der Waals surface area contributed by atoms with Gasteiger partial charge in [-0.15, -0.1) is 34.4 Å². The maximum Gasteiger partial charge on any atom is 0.206 e. The third kappa shape index (κ3) is 32.4. The molecule has 0 rings (SSSR count). The molecule has 0 amide bonds. The zero-order valence-corrected chi connectivity index (χ0v) is 38.1. The van der Waals surface area contributed by atoms with Gasteiger partial charge in [0.1, 0.15) is 0 Å². The molecule has 0 spiro atoms. The topological polar surface area (TPSA) is 27.7 Å². The van der Waals surface area contributed by atoms with Crippen molar-refractivity contribution >= 4 is 49.9 Å². The third-order valence-electron chi connectivity index (χ3n) is 4.28. The standard InChI is InChI=1S/3C10H18OSi2.2Pt/c3*1-7-9-12(3,4)11-13(5,6)10-8-2;;/h3*9-10H,1-2H2,3-6H3;;. The van der Waals surface area contributed by atoms with Crippen LogP contribution in [0.1, 0.15) is 0 Å². The fourth-order valence-corrected chi connectivity index (χ4v) is 24.3. The van der Waals surface area contributed by atoms with Crippen molar-refractivity contribution in [3.63, 3.8) is 0 Å². The summed E-state index contributed by atoms with van der Waals surface area (Å²) in [7, 11) is -10.3. The first-order valence-electron chi connectivity index (χ1n) is 12.8. The van der Waals surface area contributed by atoms with Gasteiger partial charge in [0, 0.05) is 42.1 Å². The fraction of sp³-hybridized carbons (Fsp3) is 0.400. The minimum absolute atomic E-state index is 0. The molecule has 0 aliphatic carbocycles. The van der Waals surface area contributed by atoms with Crippen molar-refractivity contribution in [3.05, 3.63) is 108 Å². The van der Waals surface area contributed by atoms with Gasteiger partial charge in [-0.1, -0.05) is 39.5 Å². The number of rotatable bonds is 12. The summed E-state index contributed by atoms with van der Waals surface area (Å²) in [5.74, 6) is 0. The van der Waals surface area contributed by atoms with E-state index in [0.29, 0.717) is 0 Å². The van der Waals surface area contributed by atoms with Gasteiger partial charge >= 0.3 is 0 Å². The molecular weight excluding hydrogens is 967 g/mol. The van der Waals surface area contributed by atoms with Gasteiger partial charge in [-0.25, -0.2) is 0 Å². The van der Waals surface area contributed by atoms with E-state index in [2.05, 4.69) is 152 Å². The molecule has 0 unspecified atom stereocenters. The third-order valence-corrected chi connectivity index (χ3v) is 22.3. The Hall–Kier alpha value is -0.322. The second-order valence-electron chi connectivity index (χ2n) is 12.0. The Labute approximate surface area is 288 Å². The van der Waals surface area contributed by atoms with Gasteiger partial charge in [-0.2, -0.15) is 0 Å². The van der Waals surface area contributed by atoms with Crippen LogP contribution in [0.4, 0.5) is 0 Å². The van der Waals surface area contributed by atoms with E-state index >= 15 is 0 Å². The van der Waals surface area contributed by atoms with Crippen molar-refractivity contribution in [2.24, 2.45) is 0 Å². The van der Waals surface area contributed by atoms with Crippen molar-refractivity contribution in [2.45, 2.75) is 78.6 Å². The van der Waals surface area contributed by atoms with Crippen LogP contribution in [0.25, 0.3) is 0 Å². The summed E-state index contributed by atoms with van der Waals surface area (Å²) in [6, 6.07) is 0. The quantitative estimate of drug-likeness (QED) is 0.144. The zero-order valence-electron chi connectivity index (χ0n) is 27.6. The summed E-state index contributed by atoms with van der Waals surface area (Å²) in [6.45, 7) is 47.1. The molecule has 0 saturated heterocycles. The Morgan fingerprint density at radius 2 is 0.415 bits per heavy atom. The van der Waals surface area contributed by atoms with Gasteiger partial charge in [-0.05, 0) is 113 Å². The van der Waals surface area contributed by atoms with Gasteiger partial charge in [0.25, 0.3) is 0 Å². The van der Waals surface area contributed by atoms with Crippen molar-refractivity contribution in [3.8, 4) is 0 Å². The number of hydrogen-bond acceptors (Lipinski definition) is 3. The SMILES string of the molecule is C=C=C[Si](C)(C)O[Si](C)(C)C=C=C.C=C=C[Si](C)(C)O[Si](C)(C)C=C=C.C=C=C[Si](C)(C)O[Si](C)(C)C=C=C.[Pt].[Pt]. The van der Waals surface area contributed by atoms with Crippen molar-refractivity contribution in [1.82, 2.24) is 0 Å². The summed E-state index contributed by atoms with van der Waals surface area (Å²) in [5.41, 5.74) is 28.7. The summed E-state index contributed by atoms with van der Waals surface area (Å²) < 4.78 is 18.2. The zero-order chi connectivity index (χ0) is 31.6. The molecule has 0 aromatic heterocycles. The van der Waals surface area contributed by atoms with Crippen molar-refractivity contribution in [1.29, 1.82) is 0 Å². The first-order chi connectivity index (χ1) is 17.5. The van der Waals surface area contributed by atoms with E-state index in [9.17, 15) is 0 Å². The Morgan fingerprint density at radius 1 is 0.317 bits per heavy atom. The van der Waals surface area contributed by atoms with Crippen LogP contribution >= 0.6 is 0 Å². The van der Waals surface area contributed by atoms with Crippen LogP contribution in [0, 0.1) is 0 Å². The van der Waals surface area contributed by atoms with E-state index < -0.39 is 49.9 Å². The summed E-state index contributed by atoms with van der Waals surface area (Å²) >= 11 is 0. The molecule has 0 aromatic carbocycles. The molecule has 0 bridgehead atoms. The Bertz CT molecular complexity index is 865. The van der Waals surface area contributed by atoms with Gasteiger partial charge in [0.05, 0.1) is 0 Å². The van der Waals surface area contributed by atoms with Crippen molar-refractivity contribution < 1.29 is 54.5 Å². The molecule has 236 valence electrons. The van der Waals surface area contributed by atoms with Crippen LogP contribution in [0.2, 0.25) is 78.6 Å². The first kappa shape index (κ1) is 50.3. The second-order valence-corrected chi connectivity index (χ2v) is 35.4. The molecule has 0 heterocycles. The molecule has 11 heteroatoms. The molecule has 0 aliphatic rings. The Kier molecular flexibility index (Phi) is 28.4. The van der Waals surface area contributed by atoms with E-state index in [1.807, 2.05) is 34.2 Å². The molecule has 0 fully saturated rings. The van der Waals surface area contributed by atoms with Crippen LogP contribution in [0.3, 0.4) is 0 Å². The maximum absolute atomic E-state index is 6.07. The van der Waals surface area contributed by atoms with Crippen molar-refractivity contribution in [2.75, 3.05) is 0 Å². The van der Waals surface area contributed by atoms with Crippen LogP contribution < -0.4 is 0 Å². The van der Waals surface area contributed by atoms with Gasteiger partial charge in [0.2, 0.25) is 49.9 Å². The average Bonchev–Trinajstić information content (AvgIpc) is 2.65. The normalized spacial score (nSPS) is 10.8. The molecule has 0 atom stereocenters. The van der Waals surface area contributed by atoms with Crippen LogP contribution in [0.15, 0.2) is 108 Å². The second kappa shape index (κ2) is 23.1. The van der Waals surface area contributed by atoms with Crippen LogP contribution in [0.5, 0.6) is 0 Å². The van der Waals surface area contributed by atoms with E-state index in [-0.39, 0.29) is 42.1 Å². The molecule has 0 aromatic rings. The first-order valence-corrected chi connectivity index (χ1v) is 30.7. The van der Waals surface area contributed by atoms with E-state index in [0.717, 1.165) is 0 Å². The predicted octanol–water partition coefficient (Wildman–Crippen LogP) is 9.52. The smallest absolute Gasteiger partial charge is 0.206 e. The largest absolute Gasteiger partial charge is 0.449 e. The fourth-order valence-electron chi connectivity index (χ4n) is 3.69. The summed E-state index contributed by atoms with van der Waals surface area (Å²) in [4.78, 5) is 0. The monoisotopic (exact) mass is 1020 g/mol. The van der Waals surface area contributed by atoms with Gasteiger partial charge in [0.15, 0.2) is 0 Å². The summed E-state index contributed by atoms with van der Waals surface area (Å²) in [6.07, 6.45) is 0. The molecule has 0 saturated carbocycles. The maximum atomic E-state index is 6.07.